The Labute approximate surface area is 109 Å². The van der Waals surface area contributed by atoms with Gasteiger partial charge in [0, 0.05) is 6.20 Å². The van der Waals surface area contributed by atoms with Crippen LogP contribution in [0, 0.1) is 0 Å². The highest BCUT2D eigenvalue weighted by atomic mass is 16.5. The SMILES string of the molecule is Nc1cccn2nc(COc3ccccc3O)nc12. The van der Waals surface area contributed by atoms with Crippen LogP contribution in [0.4, 0.5) is 5.69 Å². The first-order valence-corrected chi connectivity index (χ1v) is 5.74. The minimum Gasteiger partial charge on any atom is -0.504 e. The number of phenols is 1. The molecule has 0 atom stereocenters. The molecule has 1 aromatic carbocycles. The Kier molecular flexibility index (Phi) is 2.68. The van der Waals surface area contributed by atoms with E-state index in [0.29, 0.717) is 22.9 Å². The van der Waals surface area contributed by atoms with Gasteiger partial charge >= 0.3 is 0 Å². The molecule has 6 nitrogen and oxygen atoms in total. The van der Waals surface area contributed by atoms with Crippen molar-refractivity contribution in [3.63, 3.8) is 0 Å². The standard InChI is InChI=1S/C13H12N4O2/c14-9-4-3-7-17-13(9)15-12(16-17)8-19-11-6-2-1-5-10(11)18/h1-7,18H,8,14H2. The maximum Gasteiger partial charge on any atom is 0.189 e. The molecule has 0 saturated heterocycles. The summed E-state index contributed by atoms with van der Waals surface area (Å²) < 4.78 is 7.06. The van der Waals surface area contributed by atoms with E-state index in [0.717, 1.165) is 0 Å². The van der Waals surface area contributed by atoms with Gasteiger partial charge in [-0.2, -0.15) is 0 Å². The fourth-order valence-electron chi connectivity index (χ4n) is 1.75. The smallest absolute Gasteiger partial charge is 0.189 e. The summed E-state index contributed by atoms with van der Waals surface area (Å²) >= 11 is 0. The number of ether oxygens (including phenoxy) is 1. The van der Waals surface area contributed by atoms with Gasteiger partial charge in [-0.1, -0.05) is 12.1 Å². The molecule has 0 fully saturated rings. The Morgan fingerprint density at radius 1 is 1.21 bits per heavy atom. The Morgan fingerprint density at radius 3 is 2.84 bits per heavy atom. The molecule has 3 rings (SSSR count). The number of fused-ring (bicyclic) bond motifs is 1. The van der Waals surface area contributed by atoms with Crippen LogP contribution < -0.4 is 10.5 Å². The highest BCUT2D eigenvalue weighted by Gasteiger charge is 2.07. The van der Waals surface area contributed by atoms with E-state index >= 15 is 0 Å². The summed E-state index contributed by atoms with van der Waals surface area (Å²) in [5, 5.41) is 13.8. The number of nitrogen functional groups attached to an aromatic ring is 1. The van der Waals surface area contributed by atoms with Crippen molar-refractivity contribution < 1.29 is 9.84 Å². The summed E-state index contributed by atoms with van der Waals surface area (Å²) in [4.78, 5) is 4.28. The van der Waals surface area contributed by atoms with Crippen molar-refractivity contribution in [1.82, 2.24) is 14.6 Å². The predicted octanol–water partition coefficient (Wildman–Crippen LogP) is 1.60. The average molecular weight is 256 g/mol. The Hall–Kier alpha value is -2.76. The first-order valence-electron chi connectivity index (χ1n) is 5.74. The zero-order chi connectivity index (χ0) is 13.2. The zero-order valence-corrected chi connectivity index (χ0v) is 10.0. The van der Waals surface area contributed by atoms with Crippen LogP contribution in [-0.4, -0.2) is 19.7 Å². The summed E-state index contributed by atoms with van der Waals surface area (Å²) in [7, 11) is 0. The van der Waals surface area contributed by atoms with Crippen molar-refractivity contribution in [2.45, 2.75) is 6.61 Å². The fourth-order valence-corrected chi connectivity index (χ4v) is 1.75. The summed E-state index contributed by atoms with van der Waals surface area (Å²) in [6, 6.07) is 10.3. The number of benzene rings is 1. The average Bonchev–Trinajstić information content (AvgIpc) is 2.82. The van der Waals surface area contributed by atoms with E-state index in [1.807, 2.05) is 0 Å². The molecule has 19 heavy (non-hydrogen) atoms. The summed E-state index contributed by atoms with van der Waals surface area (Å²) in [5.41, 5.74) is 6.95. The van der Waals surface area contributed by atoms with E-state index in [4.69, 9.17) is 10.5 Å². The molecule has 0 spiro atoms. The molecule has 0 radical (unpaired) electrons. The number of hydrogen-bond donors (Lipinski definition) is 2. The Morgan fingerprint density at radius 2 is 2.05 bits per heavy atom. The van der Waals surface area contributed by atoms with Crippen LogP contribution in [0.1, 0.15) is 5.82 Å². The third-order valence-electron chi connectivity index (χ3n) is 2.66. The van der Waals surface area contributed by atoms with Gasteiger partial charge in [-0.15, -0.1) is 5.10 Å². The van der Waals surface area contributed by atoms with Crippen molar-refractivity contribution >= 4 is 11.3 Å². The minimum absolute atomic E-state index is 0.0887. The summed E-state index contributed by atoms with van der Waals surface area (Å²) in [6.07, 6.45) is 1.77. The first-order chi connectivity index (χ1) is 9.24. The summed E-state index contributed by atoms with van der Waals surface area (Å²) in [6.45, 7) is 0.165. The quantitative estimate of drug-likeness (QED) is 0.743. The zero-order valence-electron chi connectivity index (χ0n) is 10.0. The van der Waals surface area contributed by atoms with E-state index in [2.05, 4.69) is 10.1 Å². The third-order valence-corrected chi connectivity index (χ3v) is 2.66. The van der Waals surface area contributed by atoms with Crippen molar-refractivity contribution in [1.29, 1.82) is 0 Å². The molecule has 0 bridgehead atoms. The molecule has 96 valence electrons. The van der Waals surface area contributed by atoms with Crippen molar-refractivity contribution in [3.8, 4) is 11.5 Å². The van der Waals surface area contributed by atoms with Gasteiger partial charge in [0.1, 0.15) is 6.61 Å². The Bertz CT molecular complexity index is 723. The molecule has 0 aliphatic carbocycles. The van der Waals surface area contributed by atoms with Crippen LogP contribution in [0.15, 0.2) is 42.6 Å². The van der Waals surface area contributed by atoms with Crippen LogP contribution in [0.3, 0.4) is 0 Å². The van der Waals surface area contributed by atoms with E-state index in [9.17, 15) is 5.11 Å². The molecular weight excluding hydrogens is 244 g/mol. The van der Waals surface area contributed by atoms with Gasteiger partial charge in [-0.25, -0.2) is 9.50 Å². The highest BCUT2D eigenvalue weighted by molar-refractivity contribution is 5.63. The minimum atomic E-state index is 0.0887. The van der Waals surface area contributed by atoms with Crippen LogP contribution >= 0.6 is 0 Å². The van der Waals surface area contributed by atoms with Crippen molar-refractivity contribution in [3.05, 3.63) is 48.4 Å². The molecule has 0 aliphatic rings. The molecule has 0 unspecified atom stereocenters. The van der Waals surface area contributed by atoms with Gasteiger partial charge in [0.25, 0.3) is 0 Å². The number of aromatic nitrogens is 3. The number of phenolic OH excluding ortho intramolecular Hbond substituents is 1. The fraction of sp³-hybridized carbons (Fsp3) is 0.0769. The lowest BCUT2D eigenvalue weighted by Gasteiger charge is -2.04. The molecule has 0 saturated carbocycles. The lowest BCUT2D eigenvalue weighted by Crippen LogP contribution is -1.98. The number of rotatable bonds is 3. The molecule has 3 aromatic rings. The van der Waals surface area contributed by atoms with Gasteiger partial charge in [-0.3, -0.25) is 0 Å². The normalized spacial score (nSPS) is 10.7. The van der Waals surface area contributed by atoms with Gasteiger partial charge in [0.15, 0.2) is 23.0 Å². The monoisotopic (exact) mass is 256 g/mol. The summed E-state index contributed by atoms with van der Waals surface area (Å²) in [5.74, 6) is 0.987. The van der Waals surface area contributed by atoms with Crippen molar-refractivity contribution in [2.24, 2.45) is 0 Å². The second-order valence-corrected chi connectivity index (χ2v) is 4.02. The van der Waals surface area contributed by atoms with Crippen LogP contribution in [0.2, 0.25) is 0 Å². The second-order valence-electron chi connectivity index (χ2n) is 4.02. The van der Waals surface area contributed by atoms with Crippen LogP contribution in [-0.2, 0) is 6.61 Å². The number of pyridine rings is 1. The number of hydrogen-bond acceptors (Lipinski definition) is 5. The van der Waals surface area contributed by atoms with Gasteiger partial charge in [-0.05, 0) is 24.3 Å². The lowest BCUT2D eigenvalue weighted by molar-refractivity contribution is 0.280. The topological polar surface area (TPSA) is 85.7 Å². The largest absolute Gasteiger partial charge is 0.504 e. The van der Waals surface area contributed by atoms with E-state index in [-0.39, 0.29) is 12.4 Å². The van der Waals surface area contributed by atoms with Gasteiger partial charge < -0.3 is 15.6 Å². The highest BCUT2D eigenvalue weighted by Crippen LogP contribution is 2.25. The predicted molar refractivity (Wildman–Crippen MR) is 69.8 cm³/mol. The van der Waals surface area contributed by atoms with Gasteiger partial charge in [0.2, 0.25) is 0 Å². The van der Waals surface area contributed by atoms with Gasteiger partial charge in [0.05, 0.1) is 5.69 Å². The molecule has 0 aliphatic heterocycles. The molecule has 3 N–H and O–H groups in total. The number of aromatic hydroxyl groups is 1. The molecule has 2 heterocycles. The lowest BCUT2D eigenvalue weighted by atomic mass is 10.3. The maximum atomic E-state index is 9.58. The number of anilines is 1. The van der Waals surface area contributed by atoms with E-state index in [1.165, 1.54) is 0 Å². The second kappa shape index (κ2) is 4.49. The molecule has 2 aromatic heterocycles. The third kappa shape index (κ3) is 2.15. The molecule has 6 heteroatoms. The number of nitrogens with two attached hydrogens (primary N) is 1. The van der Waals surface area contributed by atoms with Crippen LogP contribution in [0.25, 0.3) is 5.65 Å². The molecular formula is C13H12N4O2. The molecule has 0 amide bonds. The first kappa shape index (κ1) is 11.3. The van der Waals surface area contributed by atoms with Crippen molar-refractivity contribution in [2.75, 3.05) is 5.73 Å². The van der Waals surface area contributed by atoms with E-state index < -0.39 is 0 Å². The number of nitrogens with zero attached hydrogens (tertiary/aromatic N) is 3. The number of para-hydroxylation sites is 2. The maximum absolute atomic E-state index is 9.58. The van der Waals surface area contributed by atoms with E-state index in [1.54, 1.807) is 47.1 Å². The van der Waals surface area contributed by atoms with Crippen LogP contribution in [0.5, 0.6) is 11.5 Å². The Balaban J connectivity index is 1.83.